The Bertz CT molecular complexity index is 327. The van der Waals surface area contributed by atoms with E-state index in [1.165, 1.54) is 11.1 Å². The summed E-state index contributed by atoms with van der Waals surface area (Å²) in [5.74, 6) is 0.727. The van der Waals surface area contributed by atoms with Gasteiger partial charge in [-0.2, -0.15) is 0 Å². The molecular formula is C11H16N2. The van der Waals surface area contributed by atoms with Gasteiger partial charge in [-0.15, -0.1) is 0 Å². The summed E-state index contributed by atoms with van der Waals surface area (Å²) < 4.78 is 0. The molecule has 13 heavy (non-hydrogen) atoms. The molecule has 0 atom stereocenters. The first-order valence-electron chi connectivity index (χ1n) is 4.68. The zero-order chi connectivity index (χ0) is 9.84. The lowest BCUT2D eigenvalue weighted by molar-refractivity contribution is 1.35. The molecular weight excluding hydrogens is 160 g/mol. The Morgan fingerprint density at radius 3 is 2.69 bits per heavy atom. The number of rotatable bonds is 0. The molecule has 0 aliphatic carbocycles. The monoisotopic (exact) mass is 176 g/mol. The fourth-order valence-corrected chi connectivity index (χ4v) is 1.32. The molecule has 2 nitrogen and oxygen atoms in total. The highest BCUT2D eigenvalue weighted by Gasteiger charge is 2.10. The molecule has 70 valence electrons. The molecule has 0 bridgehead atoms. The third-order valence-electron chi connectivity index (χ3n) is 1.88. The predicted octanol–water partition coefficient (Wildman–Crippen LogP) is 2.57. The number of nitrogens with zero attached hydrogens (tertiary/aromatic N) is 1. The first-order chi connectivity index (χ1) is 6.25. The number of hydrogen-bond donors (Lipinski definition) is 1. The molecule has 1 aliphatic rings. The van der Waals surface area contributed by atoms with E-state index in [1.807, 2.05) is 13.8 Å². The predicted molar refractivity (Wildman–Crippen MR) is 57.5 cm³/mol. The van der Waals surface area contributed by atoms with Crippen LogP contribution in [-0.2, 0) is 6.42 Å². The molecule has 0 saturated heterocycles. The maximum absolute atomic E-state index is 5.59. The van der Waals surface area contributed by atoms with Crippen molar-refractivity contribution in [1.29, 1.82) is 0 Å². The number of aryl methyl sites for hydroxylation is 1. The number of nitrogens with two attached hydrogens (primary N) is 1. The number of amidine groups is 1. The maximum atomic E-state index is 5.59. The zero-order valence-electron chi connectivity index (χ0n) is 8.46. The molecule has 1 aliphatic heterocycles. The van der Waals surface area contributed by atoms with Gasteiger partial charge in [-0.3, -0.25) is 0 Å². The standard InChI is InChI=1S/C9H10N2.C2H6/c1-6-2-3-7-5-9(10)11-8(7)4-6;1-2/h2-4H,5H2,1H3,(H2,10,11);1-2H3. The Labute approximate surface area is 79.5 Å². The molecule has 1 heterocycles. The summed E-state index contributed by atoms with van der Waals surface area (Å²) in [6.07, 6.45) is 0.815. The smallest absolute Gasteiger partial charge is 0.104 e. The Hall–Kier alpha value is -1.31. The van der Waals surface area contributed by atoms with Crippen molar-refractivity contribution >= 4 is 11.5 Å². The number of fused-ring (bicyclic) bond motifs is 1. The largest absolute Gasteiger partial charge is 0.387 e. The summed E-state index contributed by atoms with van der Waals surface area (Å²) in [5.41, 5.74) is 9.11. The van der Waals surface area contributed by atoms with Gasteiger partial charge in [0.25, 0.3) is 0 Å². The number of benzene rings is 1. The molecule has 0 radical (unpaired) electrons. The fraction of sp³-hybridized carbons (Fsp3) is 0.364. The average molecular weight is 176 g/mol. The van der Waals surface area contributed by atoms with E-state index in [4.69, 9.17) is 5.73 Å². The van der Waals surface area contributed by atoms with E-state index in [2.05, 4.69) is 30.1 Å². The van der Waals surface area contributed by atoms with Crippen LogP contribution in [0.1, 0.15) is 25.0 Å². The summed E-state index contributed by atoms with van der Waals surface area (Å²) >= 11 is 0. The van der Waals surface area contributed by atoms with E-state index >= 15 is 0 Å². The van der Waals surface area contributed by atoms with Gasteiger partial charge in [0, 0.05) is 6.42 Å². The second kappa shape index (κ2) is 4.08. The van der Waals surface area contributed by atoms with Crippen LogP contribution in [0.3, 0.4) is 0 Å². The lowest BCUT2D eigenvalue weighted by atomic mass is 10.1. The van der Waals surface area contributed by atoms with Gasteiger partial charge in [0.15, 0.2) is 0 Å². The highest BCUT2D eigenvalue weighted by atomic mass is 14.9. The minimum atomic E-state index is 0.727. The quantitative estimate of drug-likeness (QED) is 0.648. The first kappa shape index (κ1) is 9.78. The molecule has 0 spiro atoms. The van der Waals surface area contributed by atoms with Crippen molar-refractivity contribution in [3.05, 3.63) is 29.3 Å². The van der Waals surface area contributed by atoms with Crippen molar-refractivity contribution in [3.8, 4) is 0 Å². The van der Waals surface area contributed by atoms with Gasteiger partial charge in [-0.05, 0) is 24.1 Å². The third kappa shape index (κ3) is 2.08. The summed E-state index contributed by atoms with van der Waals surface area (Å²) in [6, 6.07) is 6.25. The van der Waals surface area contributed by atoms with E-state index in [0.29, 0.717) is 0 Å². The summed E-state index contributed by atoms with van der Waals surface area (Å²) in [6.45, 7) is 6.06. The molecule has 2 N–H and O–H groups in total. The van der Waals surface area contributed by atoms with Crippen molar-refractivity contribution < 1.29 is 0 Å². The van der Waals surface area contributed by atoms with Gasteiger partial charge in [-0.1, -0.05) is 26.0 Å². The Morgan fingerprint density at radius 2 is 2.00 bits per heavy atom. The van der Waals surface area contributed by atoms with Crippen LogP contribution in [0.2, 0.25) is 0 Å². The van der Waals surface area contributed by atoms with Gasteiger partial charge in [-0.25, -0.2) is 4.99 Å². The number of aliphatic imine (C=N–C) groups is 1. The first-order valence-corrected chi connectivity index (χ1v) is 4.68. The lowest BCUT2D eigenvalue weighted by Crippen LogP contribution is -2.09. The maximum Gasteiger partial charge on any atom is 0.104 e. The topological polar surface area (TPSA) is 38.4 Å². The molecule has 0 aromatic heterocycles. The van der Waals surface area contributed by atoms with Crippen LogP contribution in [0.15, 0.2) is 23.2 Å². The van der Waals surface area contributed by atoms with Crippen molar-refractivity contribution in [2.45, 2.75) is 27.2 Å². The van der Waals surface area contributed by atoms with E-state index in [9.17, 15) is 0 Å². The minimum absolute atomic E-state index is 0.727. The van der Waals surface area contributed by atoms with Gasteiger partial charge in [0.05, 0.1) is 5.69 Å². The Kier molecular flexibility index (Phi) is 3.07. The second-order valence-corrected chi connectivity index (χ2v) is 2.91. The van der Waals surface area contributed by atoms with Crippen LogP contribution in [0.25, 0.3) is 0 Å². The lowest BCUT2D eigenvalue weighted by Gasteiger charge is -1.96. The molecule has 0 saturated carbocycles. The van der Waals surface area contributed by atoms with Gasteiger partial charge in [0.2, 0.25) is 0 Å². The van der Waals surface area contributed by atoms with Crippen LogP contribution in [-0.4, -0.2) is 5.84 Å². The van der Waals surface area contributed by atoms with E-state index in [1.54, 1.807) is 0 Å². The van der Waals surface area contributed by atoms with Crippen LogP contribution in [0.4, 0.5) is 5.69 Å². The highest BCUT2D eigenvalue weighted by Crippen LogP contribution is 2.25. The molecule has 2 heteroatoms. The number of hydrogen-bond acceptors (Lipinski definition) is 2. The van der Waals surface area contributed by atoms with Crippen LogP contribution >= 0.6 is 0 Å². The molecule has 1 aromatic carbocycles. The Balaban J connectivity index is 0.000000396. The molecule has 0 amide bonds. The van der Waals surface area contributed by atoms with Crippen molar-refractivity contribution in [1.82, 2.24) is 0 Å². The van der Waals surface area contributed by atoms with E-state index in [-0.39, 0.29) is 0 Å². The van der Waals surface area contributed by atoms with Crippen molar-refractivity contribution in [2.75, 3.05) is 0 Å². The van der Waals surface area contributed by atoms with Gasteiger partial charge in [0.1, 0.15) is 5.84 Å². The summed E-state index contributed by atoms with van der Waals surface area (Å²) in [7, 11) is 0. The minimum Gasteiger partial charge on any atom is -0.387 e. The van der Waals surface area contributed by atoms with Gasteiger partial charge >= 0.3 is 0 Å². The van der Waals surface area contributed by atoms with E-state index in [0.717, 1.165) is 17.9 Å². The third-order valence-corrected chi connectivity index (χ3v) is 1.88. The molecule has 0 fully saturated rings. The van der Waals surface area contributed by atoms with Crippen LogP contribution < -0.4 is 5.73 Å². The van der Waals surface area contributed by atoms with Crippen LogP contribution in [0.5, 0.6) is 0 Å². The normalized spacial score (nSPS) is 12.7. The van der Waals surface area contributed by atoms with E-state index < -0.39 is 0 Å². The van der Waals surface area contributed by atoms with Crippen molar-refractivity contribution in [3.63, 3.8) is 0 Å². The summed E-state index contributed by atoms with van der Waals surface area (Å²) in [5, 5.41) is 0. The average Bonchev–Trinajstić information content (AvgIpc) is 2.48. The summed E-state index contributed by atoms with van der Waals surface area (Å²) in [4.78, 5) is 4.21. The molecule has 2 rings (SSSR count). The fourth-order valence-electron chi connectivity index (χ4n) is 1.32. The SMILES string of the molecule is CC.Cc1ccc2c(c1)N=C(N)C2. The van der Waals surface area contributed by atoms with Crippen LogP contribution in [0, 0.1) is 6.92 Å². The Morgan fingerprint density at radius 1 is 1.31 bits per heavy atom. The molecule has 0 unspecified atom stereocenters. The van der Waals surface area contributed by atoms with Crippen molar-refractivity contribution in [2.24, 2.45) is 10.7 Å². The zero-order valence-corrected chi connectivity index (χ0v) is 8.46. The highest BCUT2D eigenvalue weighted by molar-refractivity contribution is 5.90. The van der Waals surface area contributed by atoms with Gasteiger partial charge < -0.3 is 5.73 Å². The second-order valence-electron chi connectivity index (χ2n) is 2.91. The molecule has 1 aromatic rings.